The number of hydrogen-bond donors (Lipinski definition) is 2. The molecule has 1 aromatic heterocycles. The van der Waals surface area contributed by atoms with Gasteiger partial charge < -0.3 is 20.1 Å². The molecule has 0 atom stereocenters. The van der Waals surface area contributed by atoms with E-state index in [1.165, 1.54) is 9.25 Å². The number of urea groups is 1. The van der Waals surface area contributed by atoms with Crippen molar-refractivity contribution in [2.75, 3.05) is 33.9 Å². The van der Waals surface area contributed by atoms with E-state index in [0.717, 1.165) is 11.3 Å². The van der Waals surface area contributed by atoms with Gasteiger partial charge in [0.25, 0.3) is 0 Å². The number of nitrogens with zero attached hydrogens (tertiary/aromatic N) is 3. The van der Waals surface area contributed by atoms with E-state index < -0.39 is 0 Å². The molecule has 2 N–H and O–H groups in total. The van der Waals surface area contributed by atoms with Crippen LogP contribution < -0.4 is 21.1 Å². The van der Waals surface area contributed by atoms with Gasteiger partial charge in [0.1, 0.15) is 5.75 Å². The van der Waals surface area contributed by atoms with Gasteiger partial charge in [0, 0.05) is 32.8 Å². The normalized spacial score (nSPS) is 10.5. The third kappa shape index (κ3) is 4.83. The maximum absolute atomic E-state index is 12.3. The Bertz CT molecular complexity index is 751. The van der Waals surface area contributed by atoms with Crippen LogP contribution in [0.15, 0.2) is 29.1 Å². The fraction of sp³-hybridized carbons (Fsp3) is 0.438. The summed E-state index contributed by atoms with van der Waals surface area (Å²) in [5, 5.41) is 9.65. The molecule has 136 valence electrons. The molecule has 2 rings (SSSR count). The van der Waals surface area contributed by atoms with Crippen LogP contribution in [0.3, 0.4) is 0 Å². The van der Waals surface area contributed by atoms with E-state index in [2.05, 4.69) is 15.7 Å². The standard InChI is InChI=1S/C16H23N5O4/c1-20-14(12-4-6-13(25-3)7-5-12)19-21(16(20)23)10-8-17-15(22)18-9-11-24-2/h4-7H,8-11H2,1-3H3,(H2,17,18,22). The number of carbonyl (C=O) groups is 1. The number of aromatic nitrogens is 3. The van der Waals surface area contributed by atoms with Gasteiger partial charge >= 0.3 is 11.7 Å². The first-order valence-corrected chi connectivity index (χ1v) is 7.85. The Morgan fingerprint density at radius 2 is 1.84 bits per heavy atom. The first kappa shape index (κ1) is 18.5. The average Bonchev–Trinajstić information content (AvgIpc) is 2.90. The highest BCUT2D eigenvalue weighted by Crippen LogP contribution is 2.19. The smallest absolute Gasteiger partial charge is 0.345 e. The molecule has 25 heavy (non-hydrogen) atoms. The predicted octanol–water partition coefficient (Wildman–Crippen LogP) is 0.203. The zero-order valence-corrected chi connectivity index (χ0v) is 14.6. The zero-order chi connectivity index (χ0) is 18.2. The van der Waals surface area contributed by atoms with Crippen molar-refractivity contribution in [2.24, 2.45) is 7.05 Å². The van der Waals surface area contributed by atoms with Crippen LogP contribution in [0.5, 0.6) is 5.75 Å². The second-order valence-electron chi connectivity index (χ2n) is 5.29. The monoisotopic (exact) mass is 349 g/mol. The molecule has 2 aromatic rings. The topological polar surface area (TPSA) is 99.4 Å². The fourth-order valence-corrected chi connectivity index (χ4v) is 2.23. The fourth-order valence-electron chi connectivity index (χ4n) is 2.23. The Balaban J connectivity index is 1.98. The molecule has 0 radical (unpaired) electrons. The van der Waals surface area contributed by atoms with Crippen LogP contribution in [0.4, 0.5) is 4.79 Å². The SMILES string of the molecule is COCCNC(=O)NCCn1nc(-c2ccc(OC)cc2)n(C)c1=O. The summed E-state index contributed by atoms with van der Waals surface area (Å²) in [5.41, 5.74) is 0.567. The van der Waals surface area contributed by atoms with Gasteiger partial charge in [0.2, 0.25) is 0 Å². The van der Waals surface area contributed by atoms with Crippen LogP contribution in [0.2, 0.25) is 0 Å². The van der Waals surface area contributed by atoms with Crippen molar-refractivity contribution in [1.82, 2.24) is 25.0 Å². The number of rotatable bonds is 8. The molecular weight excluding hydrogens is 326 g/mol. The maximum Gasteiger partial charge on any atom is 0.345 e. The van der Waals surface area contributed by atoms with Crippen molar-refractivity contribution in [3.63, 3.8) is 0 Å². The van der Waals surface area contributed by atoms with Crippen LogP contribution in [-0.2, 0) is 18.3 Å². The molecule has 0 aliphatic rings. The highest BCUT2D eigenvalue weighted by atomic mass is 16.5. The Kier molecular flexibility index (Phi) is 6.58. The molecular formula is C16H23N5O4. The number of carbonyl (C=O) groups excluding carboxylic acids is 1. The number of hydrogen-bond acceptors (Lipinski definition) is 5. The first-order valence-electron chi connectivity index (χ1n) is 7.85. The third-order valence-electron chi connectivity index (χ3n) is 3.59. The molecule has 0 aliphatic heterocycles. The Morgan fingerprint density at radius 1 is 1.16 bits per heavy atom. The molecule has 0 saturated carbocycles. The van der Waals surface area contributed by atoms with Crippen molar-refractivity contribution in [2.45, 2.75) is 6.54 Å². The van der Waals surface area contributed by atoms with Crippen molar-refractivity contribution >= 4 is 6.03 Å². The van der Waals surface area contributed by atoms with Gasteiger partial charge in [-0.05, 0) is 24.3 Å². The molecule has 0 bridgehead atoms. The van der Waals surface area contributed by atoms with Crippen LogP contribution in [0.1, 0.15) is 0 Å². The lowest BCUT2D eigenvalue weighted by Crippen LogP contribution is -2.39. The minimum atomic E-state index is -0.309. The third-order valence-corrected chi connectivity index (χ3v) is 3.59. The molecule has 1 aromatic carbocycles. The summed E-state index contributed by atoms with van der Waals surface area (Å²) in [6, 6.07) is 6.99. The van der Waals surface area contributed by atoms with Gasteiger partial charge in [-0.3, -0.25) is 4.57 Å². The summed E-state index contributed by atoms with van der Waals surface area (Å²) in [7, 11) is 4.82. The molecule has 0 aliphatic carbocycles. The maximum atomic E-state index is 12.3. The molecule has 0 spiro atoms. The van der Waals surface area contributed by atoms with Gasteiger partial charge in [0.05, 0.1) is 20.3 Å². The lowest BCUT2D eigenvalue weighted by molar-refractivity contribution is 0.196. The largest absolute Gasteiger partial charge is 0.497 e. The Morgan fingerprint density at radius 3 is 2.48 bits per heavy atom. The predicted molar refractivity (Wildman–Crippen MR) is 92.7 cm³/mol. The van der Waals surface area contributed by atoms with Crippen molar-refractivity contribution < 1.29 is 14.3 Å². The van der Waals surface area contributed by atoms with E-state index in [1.54, 1.807) is 21.3 Å². The van der Waals surface area contributed by atoms with Gasteiger partial charge in [-0.2, -0.15) is 0 Å². The first-order chi connectivity index (χ1) is 12.1. The Labute approximate surface area is 145 Å². The lowest BCUT2D eigenvalue weighted by Gasteiger charge is -2.06. The summed E-state index contributed by atoms with van der Waals surface area (Å²) >= 11 is 0. The van der Waals surface area contributed by atoms with E-state index in [0.29, 0.717) is 19.0 Å². The van der Waals surface area contributed by atoms with E-state index >= 15 is 0 Å². The number of ether oxygens (including phenoxy) is 2. The lowest BCUT2D eigenvalue weighted by atomic mass is 10.2. The summed E-state index contributed by atoms with van der Waals surface area (Å²) in [6.45, 7) is 1.43. The van der Waals surface area contributed by atoms with Gasteiger partial charge in [-0.25, -0.2) is 14.3 Å². The zero-order valence-electron chi connectivity index (χ0n) is 14.6. The van der Waals surface area contributed by atoms with Gasteiger partial charge in [-0.1, -0.05) is 0 Å². The van der Waals surface area contributed by atoms with E-state index in [4.69, 9.17) is 9.47 Å². The summed E-state index contributed by atoms with van der Waals surface area (Å²) in [4.78, 5) is 23.8. The molecule has 0 fully saturated rings. The number of amides is 2. The van der Waals surface area contributed by atoms with Crippen molar-refractivity contribution in [1.29, 1.82) is 0 Å². The molecule has 0 saturated heterocycles. The highest BCUT2D eigenvalue weighted by molar-refractivity contribution is 5.73. The van der Waals surface area contributed by atoms with E-state index in [1.807, 2.05) is 24.3 Å². The van der Waals surface area contributed by atoms with Gasteiger partial charge in [0.15, 0.2) is 5.82 Å². The second-order valence-corrected chi connectivity index (χ2v) is 5.29. The van der Waals surface area contributed by atoms with E-state index in [9.17, 15) is 9.59 Å². The van der Waals surface area contributed by atoms with Crippen molar-refractivity contribution in [3.8, 4) is 17.1 Å². The molecule has 2 amide bonds. The average molecular weight is 349 g/mol. The minimum absolute atomic E-state index is 0.243. The number of nitrogens with one attached hydrogen (secondary N) is 2. The second kappa shape index (κ2) is 8.88. The van der Waals surface area contributed by atoms with Crippen LogP contribution in [0.25, 0.3) is 11.4 Å². The molecule has 9 heteroatoms. The minimum Gasteiger partial charge on any atom is -0.497 e. The molecule has 1 heterocycles. The van der Waals surface area contributed by atoms with Crippen molar-refractivity contribution in [3.05, 3.63) is 34.7 Å². The highest BCUT2D eigenvalue weighted by Gasteiger charge is 2.12. The van der Waals surface area contributed by atoms with Crippen LogP contribution >= 0.6 is 0 Å². The summed E-state index contributed by atoms with van der Waals surface area (Å²) < 4.78 is 12.8. The van der Waals surface area contributed by atoms with E-state index in [-0.39, 0.29) is 24.8 Å². The number of benzene rings is 1. The van der Waals surface area contributed by atoms with Crippen LogP contribution in [0, 0.1) is 0 Å². The quantitative estimate of drug-likeness (QED) is 0.664. The Hall–Kier alpha value is -2.81. The molecule has 0 unspecified atom stereocenters. The summed E-state index contributed by atoms with van der Waals surface area (Å²) in [6.07, 6.45) is 0. The van der Waals surface area contributed by atoms with Gasteiger partial charge in [-0.15, -0.1) is 5.10 Å². The number of methoxy groups -OCH3 is 2. The summed E-state index contributed by atoms with van der Waals surface area (Å²) in [5.74, 6) is 1.29. The van der Waals surface area contributed by atoms with Crippen LogP contribution in [-0.4, -0.2) is 54.3 Å². The molecule has 9 nitrogen and oxygen atoms in total.